The summed E-state index contributed by atoms with van der Waals surface area (Å²) in [5.74, 6) is 1.81. The second kappa shape index (κ2) is 37.3. The van der Waals surface area contributed by atoms with Gasteiger partial charge in [-0.3, -0.25) is 37.9 Å². The van der Waals surface area contributed by atoms with Gasteiger partial charge in [0.2, 0.25) is 11.6 Å². The monoisotopic (exact) mass is 1760 g/mol. The molecule has 18 rings (SSSR count). The minimum Gasteiger partial charge on any atom is -0.399 e. The number of aliphatic hydroxyl groups excluding tert-OH is 2. The Labute approximate surface area is 715 Å². The maximum atomic E-state index is 11.8. The van der Waals surface area contributed by atoms with E-state index >= 15 is 0 Å². The normalized spacial score (nSPS) is 14.3. The number of carbonyl (C=O) groups is 4. The molecule has 2 aliphatic carbocycles. The van der Waals surface area contributed by atoms with Crippen LogP contribution in [0.1, 0.15) is 123 Å². The van der Waals surface area contributed by atoms with Crippen LogP contribution in [0, 0.1) is 0 Å². The molecule has 0 saturated carbocycles. The zero-order valence-electron chi connectivity index (χ0n) is 67.5. The Morgan fingerprint density at radius 2 is 0.908 bits per heavy atom. The number of hydrogen-bond donors (Lipinski definition) is 8. The van der Waals surface area contributed by atoms with E-state index in [0.717, 1.165) is 84.8 Å². The van der Waals surface area contributed by atoms with E-state index in [-0.39, 0.29) is 48.1 Å². The number of nitrogens with two attached hydrogens (primary N) is 1. The van der Waals surface area contributed by atoms with Crippen molar-refractivity contribution in [3.05, 3.63) is 224 Å². The Morgan fingerprint density at radius 3 is 1.34 bits per heavy atom. The number of nitrogens with zero attached hydrogens (tertiary/aromatic N) is 16. The number of halogens is 5. The molecule has 0 unspecified atom stereocenters. The number of aromatic nitrogens is 16. The summed E-state index contributed by atoms with van der Waals surface area (Å²) < 4.78 is 31.4. The first-order valence-electron chi connectivity index (χ1n) is 37.6. The van der Waals surface area contributed by atoms with Gasteiger partial charge >= 0.3 is 7.12 Å². The third-order valence-electron chi connectivity index (χ3n) is 19.9. The Hall–Kier alpha value is -10.7. The maximum absolute atomic E-state index is 11.8. The molecule has 9 N–H and O–H groups in total. The molecular weight excluding hydrogens is 1670 g/mol. The van der Waals surface area contributed by atoms with Crippen molar-refractivity contribution in [3.8, 4) is 11.1 Å². The van der Waals surface area contributed by atoms with Gasteiger partial charge in [-0.2, -0.15) is 20.4 Å². The number of hydrogen-bond acceptors (Lipinski definition) is 23. The molecule has 119 heavy (non-hydrogen) atoms. The van der Waals surface area contributed by atoms with Crippen LogP contribution in [-0.2, 0) is 88.7 Å². The lowest BCUT2D eigenvalue weighted by molar-refractivity contribution is -0.117. The number of ketones is 4. The first-order chi connectivity index (χ1) is 55.9. The van der Waals surface area contributed by atoms with Crippen molar-refractivity contribution >= 4 is 162 Å². The first kappa shape index (κ1) is 89.1. The number of benzene rings is 2. The quantitative estimate of drug-likeness (QED) is 0.0370. The van der Waals surface area contributed by atoms with E-state index in [9.17, 15) is 29.4 Å². The number of nitrogens with one attached hydrogen (secondary N) is 3. The molecule has 12 aromatic heterocycles. The summed E-state index contributed by atoms with van der Waals surface area (Å²) >= 11 is 21.3. The lowest BCUT2D eigenvalue weighted by Crippen LogP contribution is -2.41. The highest BCUT2D eigenvalue weighted by molar-refractivity contribution is 9.10. The lowest BCUT2D eigenvalue weighted by Gasteiger charge is -2.32. The van der Waals surface area contributed by atoms with E-state index in [1.807, 2.05) is 109 Å². The average molecular weight is 1770 g/mol. The van der Waals surface area contributed by atoms with Gasteiger partial charge in [0.25, 0.3) is 0 Å². The van der Waals surface area contributed by atoms with Gasteiger partial charge in [0.05, 0.1) is 59.2 Å². The zero-order valence-corrected chi connectivity index (χ0v) is 72.1. The van der Waals surface area contributed by atoms with Gasteiger partial charge in [0.1, 0.15) is 53.2 Å². The van der Waals surface area contributed by atoms with Crippen LogP contribution >= 0.6 is 63.1 Å². The molecule has 2 aliphatic heterocycles. The molecule has 2 aromatic carbocycles. The number of carbonyl (C=O) groups excluding carboxylic acids is 4. The molecule has 0 amide bonds. The minimum absolute atomic E-state index is 0. The van der Waals surface area contributed by atoms with Crippen LogP contribution in [0.2, 0.25) is 15.1 Å². The van der Waals surface area contributed by atoms with Crippen LogP contribution in [0.25, 0.3) is 33.7 Å². The lowest BCUT2D eigenvalue weighted by atomic mass is 9.78. The van der Waals surface area contributed by atoms with Crippen molar-refractivity contribution in [3.63, 3.8) is 0 Å². The zero-order chi connectivity index (χ0) is 84.9. The van der Waals surface area contributed by atoms with Crippen molar-refractivity contribution in [1.82, 2.24) is 76.7 Å². The average Bonchev–Trinajstić information content (AvgIpc) is 1.63. The van der Waals surface area contributed by atoms with Gasteiger partial charge in [0, 0.05) is 171 Å². The number of Topliss-reactive ketones (excluding diaryl/α,β-unsaturated/α-hetero) is 4. The van der Waals surface area contributed by atoms with Gasteiger partial charge in [0.15, 0.2) is 40.0 Å². The molecule has 0 atom stereocenters. The minimum atomic E-state index is -0.992. The molecule has 0 bridgehead atoms. The molecule has 14 aromatic rings. The Bertz CT molecular complexity index is 6000. The van der Waals surface area contributed by atoms with Gasteiger partial charge in [-0.15, -0.1) is 12.4 Å². The van der Waals surface area contributed by atoms with Gasteiger partial charge in [-0.1, -0.05) is 71.2 Å². The second-order valence-electron chi connectivity index (χ2n) is 30.5. The standard InChI is InChI=1S/C23H23N5O2.C15H19BO3.C14H16ClN5O.C13H12ClN5O2.C7H4BrClN2.C6H9N3O2.C4H8O.ClH/c1-23(2,30)20-12-21(26-27(20)3)25-19-11-17(13-28-7-6-24-22(19)28)14-4-5-15-9-18(29)10-16(15)8-14;1-14(2)15(3,4)19-16(18-14)12-6-5-10-8-13(17)9-11(10)7-12;1-14(2,21)11-7-12(18-19(11)3)17-10-6-9(15)8-20-5-4-16-13(10)20;1-18-10(11(21)7-20)5-12(17-18)16-9-4-8(14)6-19-3-2-15-13(9)19;8-6-3-5(9)4-11-2-1-10-7(6)11;1-9-4(5(11)3-10)2-6(7)8-9;1-2-4-5-3-1;/h4-8,11-13,30H,9-10H2,1-3H3,(H,25,26);5-7H,8-9H2,1-4H3;4-8,21H,1-3H3,(H,17,18);2-6,20H,7H2,1H3,(H,16,17);1-4H;2,10H,3H2,1H3,(H2,7,8);1-4H2;1H. The third-order valence-corrected chi connectivity index (χ3v) is 21.1. The number of fused-ring (bicyclic) bond motifs is 6. The van der Waals surface area contributed by atoms with Crippen LogP contribution < -0.4 is 27.1 Å². The van der Waals surface area contributed by atoms with E-state index in [2.05, 4.69) is 96.5 Å². The molecule has 14 heterocycles. The fraction of sp³-hybridized carbons (Fsp3) is 0.317. The molecule has 2 fully saturated rings. The molecule has 624 valence electrons. The van der Waals surface area contributed by atoms with Crippen LogP contribution in [-0.4, -0.2) is 165 Å². The van der Waals surface area contributed by atoms with Gasteiger partial charge in [-0.05, 0) is 142 Å². The number of rotatable bonds is 14. The van der Waals surface area contributed by atoms with Crippen LogP contribution in [0.15, 0.2) is 164 Å². The van der Waals surface area contributed by atoms with Crippen LogP contribution in [0.4, 0.5) is 40.3 Å². The number of anilines is 7. The highest BCUT2D eigenvalue weighted by Gasteiger charge is 2.52. The van der Waals surface area contributed by atoms with Crippen molar-refractivity contribution in [2.45, 2.75) is 116 Å². The summed E-state index contributed by atoms with van der Waals surface area (Å²) in [6, 6.07) is 26.3. The Morgan fingerprint density at radius 1 is 0.513 bits per heavy atom. The SMILES string of the molecule is C1CCOC1.CC1(C)OB(c2ccc3c(c2)CC(=O)C3)OC1(C)C.Cl.Clc1cc(Br)c2nccn2c1.Cn1nc(N)cc1C(=O)CO.Cn1nc(Nc2cc(-c3ccc4c(c3)CC(=O)C4)cn3ccnc23)cc1C(C)(C)O.Cn1nc(Nc2cc(Cl)cn3ccnc23)cc1C(=O)CO.Cn1nc(Nc2cc(Cl)cn3ccnc23)cc1C(C)(C)O. The van der Waals surface area contributed by atoms with E-state index in [4.69, 9.17) is 64.8 Å². The number of imidazole rings is 4. The molecule has 0 radical (unpaired) electrons. The third kappa shape index (κ3) is 21.5. The molecule has 0 spiro atoms. The Kier molecular flexibility index (Phi) is 28.0. The summed E-state index contributed by atoms with van der Waals surface area (Å²) in [6.45, 7) is 16.0. The van der Waals surface area contributed by atoms with E-state index in [1.165, 1.54) is 28.3 Å². The summed E-state index contributed by atoms with van der Waals surface area (Å²) in [7, 11) is 6.50. The second-order valence-corrected chi connectivity index (χ2v) is 32.6. The Balaban J connectivity index is 0.000000142. The molecule has 37 heteroatoms. The van der Waals surface area contributed by atoms with Crippen molar-refractivity contribution < 1.29 is 53.6 Å². The van der Waals surface area contributed by atoms with Crippen LogP contribution in [0.5, 0.6) is 0 Å². The number of aliphatic hydroxyl groups is 4. The number of ether oxygens (including phenoxy) is 1. The molecule has 4 aliphatic rings. The predicted molar refractivity (Wildman–Crippen MR) is 464 cm³/mol. The van der Waals surface area contributed by atoms with Crippen LogP contribution in [0.3, 0.4) is 0 Å². The highest BCUT2D eigenvalue weighted by Crippen LogP contribution is 2.38. The largest absolute Gasteiger partial charge is 0.494 e. The van der Waals surface area contributed by atoms with Crippen molar-refractivity contribution in [2.24, 2.45) is 28.2 Å². The molecule has 2 saturated heterocycles. The van der Waals surface area contributed by atoms with Gasteiger partial charge < -0.3 is 73.8 Å². The van der Waals surface area contributed by atoms with Gasteiger partial charge in [-0.25, -0.2) is 19.9 Å². The molecular formula is C82H92BBrCl4N20O11. The predicted octanol–water partition coefficient (Wildman–Crippen LogP) is 12.5. The highest BCUT2D eigenvalue weighted by atomic mass is 79.9. The van der Waals surface area contributed by atoms with Crippen molar-refractivity contribution in [1.29, 1.82) is 0 Å². The van der Waals surface area contributed by atoms with E-state index in [1.54, 1.807) is 130 Å². The summed E-state index contributed by atoms with van der Waals surface area (Å²) in [5.41, 5.74) is 17.7. The van der Waals surface area contributed by atoms with E-state index < -0.39 is 30.2 Å². The number of nitrogen functional groups attached to an aromatic ring is 1. The molecule has 31 nitrogen and oxygen atoms in total. The topological polar surface area (TPSA) is 379 Å². The summed E-state index contributed by atoms with van der Waals surface area (Å²) in [4.78, 5) is 62.8. The number of aryl methyl sites for hydroxylation is 4. The summed E-state index contributed by atoms with van der Waals surface area (Å²) in [5, 5.41) is 66.1. The van der Waals surface area contributed by atoms with Crippen molar-refractivity contribution in [2.75, 3.05) is 48.1 Å². The fourth-order valence-corrected chi connectivity index (χ4v) is 14.8. The smallest absolute Gasteiger partial charge is 0.399 e. The number of pyridine rings is 4. The first-order valence-corrected chi connectivity index (χ1v) is 39.5. The van der Waals surface area contributed by atoms with E-state index in [0.29, 0.717) is 98.1 Å². The summed E-state index contributed by atoms with van der Waals surface area (Å²) in [6.07, 6.45) is 26.3. The maximum Gasteiger partial charge on any atom is 0.494 e. The fourth-order valence-electron chi connectivity index (χ4n) is 13.5.